The highest BCUT2D eigenvalue weighted by Gasteiger charge is 2.25. The molecule has 2 aromatic rings. The van der Waals surface area contributed by atoms with E-state index in [0.717, 1.165) is 38.0 Å². The molecular weight excluding hydrogens is 316 g/mol. The highest BCUT2D eigenvalue weighted by Crippen LogP contribution is 2.17. The first-order chi connectivity index (χ1) is 12.2. The fraction of sp³-hybridized carbons (Fsp3) is 0.421. The molecule has 2 heterocycles. The number of hydrogen-bond donors (Lipinski definition) is 1. The first-order valence-corrected chi connectivity index (χ1v) is 8.73. The van der Waals surface area contributed by atoms with Crippen LogP contribution in [0.25, 0.3) is 0 Å². The number of rotatable bonds is 5. The van der Waals surface area contributed by atoms with Crippen LogP contribution in [-0.4, -0.2) is 47.3 Å². The van der Waals surface area contributed by atoms with E-state index in [1.807, 2.05) is 42.3 Å². The smallest absolute Gasteiger partial charge is 0.274 e. The summed E-state index contributed by atoms with van der Waals surface area (Å²) < 4.78 is 1.36. The molecule has 0 spiro atoms. The van der Waals surface area contributed by atoms with Gasteiger partial charge in [-0.2, -0.15) is 5.10 Å². The van der Waals surface area contributed by atoms with Gasteiger partial charge >= 0.3 is 0 Å². The lowest BCUT2D eigenvalue weighted by Crippen LogP contribution is -2.43. The lowest BCUT2D eigenvalue weighted by atomic mass is 9.98. The molecule has 1 amide bonds. The Labute approximate surface area is 147 Å². The Morgan fingerprint density at radius 3 is 2.80 bits per heavy atom. The van der Waals surface area contributed by atoms with E-state index in [1.54, 1.807) is 0 Å². The van der Waals surface area contributed by atoms with Crippen molar-refractivity contribution in [2.45, 2.75) is 19.4 Å². The molecule has 1 atom stereocenters. The van der Waals surface area contributed by atoms with E-state index in [9.17, 15) is 9.59 Å². The third-order valence-corrected chi connectivity index (χ3v) is 4.56. The Bertz CT molecular complexity index is 770. The monoisotopic (exact) mass is 340 g/mol. The molecule has 25 heavy (non-hydrogen) atoms. The van der Waals surface area contributed by atoms with Gasteiger partial charge in [0.15, 0.2) is 0 Å². The fourth-order valence-corrected chi connectivity index (χ4v) is 3.30. The van der Waals surface area contributed by atoms with Gasteiger partial charge in [-0.15, -0.1) is 0 Å². The molecule has 0 radical (unpaired) electrons. The minimum absolute atomic E-state index is 0.0948. The maximum atomic E-state index is 12.8. The zero-order valence-corrected chi connectivity index (χ0v) is 14.5. The van der Waals surface area contributed by atoms with E-state index in [4.69, 9.17) is 0 Å². The average molecular weight is 340 g/mol. The number of nitrogens with one attached hydrogen (secondary N) is 1. The molecule has 1 aliphatic rings. The molecule has 3 rings (SSSR count). The van der Waals surface area contributed by atoms with Crippen LogP contribution in [0.2, 0.25) is 0 Å². The first kappa shape index (κ1) is 17.4. The third-order valence-electron chi connectivity index (χ3n) is 4.56. The molecule has 1 aromatic carbocycles. The highest BCUT2D eigenvalue weighted by atomic mass is 16.2. The standard InChI is InChI=1S/C19H24N4O2/c1-20-12-16-8-5-11-22(13-16)19(25)17-9-10-18(24)23(21-17)14-15-6-3-2-4-7-15/h2-4,6-7,9-10,16,20H,5,8,11-14H2,1H3. The minimum Gasteiger partial charge on any atom is -0.337 e. The molecule has 0 saturated carbocycles. The average Bonchev–Trinajstić information content (AvgIpc) is 2.64. The van der Waals surface area contributed by atoms with E-state index in [-0.39, 0.29) is 11.5 Å². The van der Waals surface area contributed by atoms with Gasteiger partial charge in [0.2, 0.25) is 0 Å². The number of piperidine rings is 1. The quantitative estimate of drug-likeness (QED) is 0.892. The zero-order valence-electron chi connectivity index (χ0n) is 14.5. The van der Waals surface area contributed by atoms with Crippen LogP contribution in [0.4, 0.5) is 0 Å². The number of carbonyl (C=O) groups is 1. The summed E-state index contributed by atoms with van der Waals surface area (Å²) in [4.78, 5) is 26.7. The molecular formula is C19H24N4O2. The van der Waals surface area contributed by atoms with Crippen molar-refractivity contribution < 1.29 is 4.79 Å². The summed E-state index contributed by atoms with van der Waals surface area (Å²) in [7, 11) is 1.93. The van der Waals surface area contributed by atoms with Crippen molar-refractivity contribution in [3.8, 4) is 0 Å². The largest absolute Gasteiger partial charge is 0.337 e. The molecule has 1 N–H and O–H groups in total. The van der Waals surface area contributed by atoms with Crippen molar-refractivity contribution in [3.05, 3.63) is 64.1 Å². The summed E-state index contributed by atoms with van der Waals surface area (Å²) in [5.74, 6) is 0.375. The molecule has 6 nitrogen and oxygen atoms in total. The van der Waals surface area contributed by atoms with Crippen molar-refractivity contribution in [1.82, 2.24) is 20.0 Å². The van der Waals surface area contributed by atoms with E-state index < -0.39 is 0 Å². The molecule has 132 valence electrons. The summed E-state index contributed by atoms with van der Waals surface area (Å²) in [5, 5.41) is 7.49. The summed E-state index contributed by atoms with van der Waals surface area (Å²) >= 11 is 0. The van der Waals surface area contributed by atoms with Crippen LogP contribution >= 0.6 is 0 Å². The van der Waals surface area contributed by atoms with Gasteiger partial charge in [0.1, 0.15) is 5.69 Å². The predicted octanol–water partition coefficient (Wildman–Crippen LogP) is 1.36. The van der Waals surface area contributed by atoms with Gasteiger partial charge in [-0.25, -0.2) is 4.68 Å². The van der Waals surface area contributed by atoms with Crippen molar-refractivity contribution >= 4 is 5.91 Å². The lowest BCUT2D eigenvalue weighted by molar-refractivity contribution is 0.0665. The summed E-state index contributed by atoms with van der Waals surface area (Å²) in [6.07, 6.45) is 2.13. The second kappa shape index (κ2) is 8.07. The van der Waals surface area contributed by atoms with Gasteiger partial charge in [-0.1, -0.05) is 30.3 Å². The van der Waals surface area contributed by atoms with E-state index in [1.165, 1.54) is 16.8 Å². The van der Waals surface area contributed by atoms with E-state index in [0.29, 0.717) is 18.2 Å². The SMILES string of the molecule is CNCC1CCCN(C(=O)c2ccc(=O)n(Cc3ccccc3)n2)C1. The lowest BCUT2D eigenvalue weighted by Gasteiger charge is -2.32. The molecule has 0 bridgehead atoms. The number of amides is 1. The first-order valence-electron chi connectivity index (χ1n) is 8.73. The minimum atomic E-state index is -0.202. The van der Waals surface area contributed by atoms with Crippen LogP contribution in [0.1, 0.15) is 28.9 Å². The maximum Gasteiger partial charge on any atom is 0.274 e. The Morgan fingerprint density at radius 1 is 1.24 bits per heavy atom. The van der Waals surface area contributed by atoms with Crippen molar-refractivity contribution in [3.63, 3.8) is 0 Å². The van der Waals surface area contributed by atoms with Gasteiger partial charge in [0.05, 0.1) is 6.54 Å². The summed E-state index contributed by atoms with van der Waals surface area (Å²) in [6.45, 7) is 2.76. The van der Waals surface area contributed by atoms with Crippen LogP contribution in [0.5, 0.6) is 0 Å². The number of hydrogen-bond acceptors (Lipinski definition) is 4. The van der Waals surface area contributed by atoms with Gasteiger partial charge in [-0.05, 0) is 44.0 Å². The van der Waals surface area contributed by atoms with Crippen molar-refractivity contribution in [2.75, 3.05) is 26.7 Å². The van der Waals surface area contributed by atoms with Gasteiger partial charge in [-0.3, -0.25) is 9.59 Å². The van der Waals surface area contributed by atoms with Gasteiger partial charge < -0.3 is 10.2 Å². The summed E-state index contributed by atoms with van der Waals surface area (Å²) in [6, 6.07) is 12.6. The Morgan fingerprint density at radius 2 is 2.04 bits per heavy atom. The Balaban J connectivity index is 1.77. The van der Waals surface area contributed by atoms with Crippen LogP contribution in [0.3, 0.4) is 0 Å². The molecule has 1 fully saturated rings. The van der Waals surface area contributed by atoms with Crippen LogP contribution in [-0.2, 0) is 6.54 Å². The fourth-order valence-electron chi connectivity index (χ4n) is 3.30. The van der Waals surface area contributed by atoms with E-state index in [2.05, 4.69) is 10.4 Å². The van der Waals surface area contributed by atoms with Crippen molar-refractivity contribution in [2.24, 2.45) is 5.92 Å². The maximum absolute atomic E-state index is 12.8. The normalized spacial score (nSPS) is 17.5. The molecule has 0 aliphatic carbocycles. The molecule has 1 aliphatic heterocycles. The highest BCUT2D eigenvalue weighted by molar-refractivity contribution is 5.92. The molecule has 1 saturated heterocycles. The second-order valence-corrected chi connectivity index (χ2v) is 6.52. The van der Waals surface area contributed by atoms with Gasteiger partial charge in [0.25, 0.3) is 11.5 Å². The molecule has 1 unspecified atom stereocenters. The van der Waals surface area contributed by atoms with Crippen LogP contribution < -0.4 is 10.9 Å². The van der Waals surface area contributed by atoms with Crippen molar-refractivity contribution in [1.29, 1.82) is 0 Å². The number of likely N-dealkylation sites (tertiary alicyclic amines) is 1. The van der Waals surface area contributed by atoms with E-state index >= 15 is 0 Å². The zero-order chi connectivity index (χ0) is 17.6. The number of carbonyl (C=O) groups excluding carboxylic acids is 1. The topological polar surface area (TPSA) is 67.2 Å². The molecule has 6 heteroatoms. The Kier molecular flexibility index (Phi) is 5.60. The van der Waals surface area contributed by atoms with Gasteiger partial charge in [0, 0.05) is 19.2 Å². The summed E-state index contributed by atoms with van der Waals surface area (Å²) in [5.41, 5.74) is 1.11. The predicted molar refractivity (Wildman–Crippen MR) is 96.6 cm³/mol. The van der Waals surface area contributed by atoms with Crippen LogP contribution in [0, 0.1) is 5.92 Å². The number of benzene rings is 1. The van der Waals surface area contributed by atoms with Crippen LogP contribution in [0.15, 0.2) is 47.3 Å². The third kappa shape index (κ3) is 4.33. The number of aromatic nitrogens is 2. The Hall–Kier alpha value is -2.47. The second-order valence-electron chi connectivity index (χ2n) is 6.52. The number of nitrogens with zero attached hydrogens (tertiary/aromatic N) is 3. The molecule has 1 aromatic heterocycles.